The number of likely N-dealkylation sites (N-methyl/N-ethyl adjacent to an activating group) is 1. The first-order chi connectivity index (χ1) is 8.49. The number of thiol groups is 1. The van der Waals surface area contributed by atoms with Crippen LogP contribution in [-0.2, 0) is 0 Å². The van der Waals surface area contributed by atoms with E-state index in [1.807, 2.05) is 4.90 Å². The average molecular weight is 285 g/mol. The maximum Gasteiger partial charge on any atom is 0.255 e. The summed E-state index contributed by atoms with van der Waals surface area (Å²) in [5, 5.41) is 0.490. The van der Waals surface area contributed by atoms with Gasteiger partial charge in [0.1, 0.15) is 0 Å². The molecule has 2 rings (SSSR count). The molecule has 1 amide bonds. The van der Waals surface area contributed by atoms with E-state index in [9.17, 15) is 4.79 Å². The van der Waals surface area contributed by atoms with E-state index in [-0.39, 0.29) is 5.91 Å². The van der Waals surface area contributed by atoms with Crippen LogP contribution in [0.2, 0.25) is 5.02 Å². The van der Waals surface area contributed by atoms with Crippen LogP contribution < -0.4 is 0 Å². The summed E-state index contributed by atoms with van der Waals surface area (Å²) in [6.07, 6.45) is 0. The molecule has 0 saturated carbocycles. The molecule has 1 fully saturated rings. The normalized spacial score (nSPS) is 21.1. The van der Waals surface area contributed by atoms with Crippen molar-refractivity contribution in [2.24, 2.45) is 0 Å². The Morgan fingerprint density at radius 2 is 2.17 bits per heavy atom. The zero-order valence-electron chi connectivity index (χ0n) is 10.6. The van der Waals surface area contributed by atoms with Gasteiger partial charge in [0.15, 0.2) is 0 Å². The molecule has 0 bridgehead atoms. The standard InChI is InChI=1S/C13H17ClN2OS/c1-9-8-16(6-5-15(9)2)13(17)11-7-10(18)3-4-12(11)14/h3-4,7,9,18H,5-6,8H2,1-2H3. The van der Waals surface area contributed by atoms with Crippen LogP contribution >= 0.6 is 24.2 Å². The molecule has 1 aliphatic rings. The van der Waals surface area contributed by atoms with Gasteiger partial charge in [-0.1, -0.05) is 11.6 Å². The van der Waals surface area contributed by atoms with Crippen LogP contribution in [0.4, 0.5) is 0 Å². The Balaban J connectivity index is 2.19. The van der Waals surface area contributed by atoms with Crippen molar-refractivity contribution >= 4 is 30.1 Å². The van der Waals surface area contributed by atoms with E-state index in [1.165, 1.54) is 0 Å². The first kappa shape index (κ1) is 13.7. The summed E-state index contributed by atoms with van der Waals surface area (Å²) in [5.41, 5.74) is 0.543. The van der Waals surface area contributed by atoms with Gasteiger partial charge in [-0.2, -0.15) is 0 Å². The van der Waals surface area contributed by atoms with Crippen molar-refractivity contribution in [3.8, 4) is 0 Å². The molecular formula is C13H17ClN2OS. The molecule has 1 heterocycles. The van der Waals surface area contributed by atoms with E-state index in [2.05, 4.69) is 31.5 Å². The van der Waals surface area contributed by atoms with Crippen LogP contribution in [0.25, 0.3) is 0 Å². The van der Waals surface area contributed by atoms with Crippen molar-refractivity contribution in [1.82, 2.24) is 9.80 Å². The second-order valence-corrected chi connectivity index (χ2v) is 5.67. The van der Waals surface area contributed by atoms with Gasteiger partial charge < -0.3 is 9.80 Å². The fourth-order valence-electron chi connectivity index (χ4n) is 2.08. The van der Waals surface area contributed by atoms with E-state index in [0.717, 1.165) is 24.5 Å². The van der Waals surface area contributed by atoms with Crippen LogP contribution in [0.5, 0.6) is 0 Å². The number of nitrogens with zero attached hydrogens (tertiary/aromatic N) is 2. The summed E-state index contributed by atoms with van der Waals surface area (Å²) >= 11 is 10.3. The van der Waals surface area contributed by atoms with Gasteiger partial charge in [-0.15, -0.1) is 12.6 Å². The summed E-state index contributed by atoms with van der Waals surface area (Å²) in [7, 11) is 2.08. The highest BCUT2D eigenvalue weighted by Gasteiger charge is 2.26. The minimum atomic E-state index is -0.00384. The van der Waals surface area contributed by atoms with Crippen molar-refractivity contribution < 1.29 is 4.79 Å². The Kier molecular flexibility index (Phi) is 4.20. The lowest BCUT2D eigenvalue weighted by Gasteiger charge is -2.37. The third kappa shape index (κ3) is 2.82. The highest BCUT2D eigenvalue weighted by molar-refractivity contribution is 7.80. The Morgan fingerprint density at radius 3 is 2.83 bits per heavy atom. The van der Waals surface area contributed by atoms with E-state index in [4.69, 9.17) is 11.6 Å². The summed E-state index contributed by atoms with van der Waals surface area (Å²) in [5.74, 6) is -0.00384. The maximum absolute atomic E-state index is 12.4. The quantitative estimate of drug-likeness (QED) is 0.801. The molecule has 98 valence electrons. The second kappa shape index (κ2) is 5.51. The minimum Gasteiger partial charge on any atom is -0.336 e. The first-order valence-corrected chi connectivity index (χ1v) is 6.79. The lowest BCUT2D eigenvalue weighted by molar-refractivity contribution is 0.0572. The fraction of sp³-hybridized carbons (Fsp3) is 0.462. The molecule has 0 N–H and O–H groups in total. The molecule has 0 radical (unpaired) electrons. The van der Waals surface area contributed by atoms with Crippen molar-refractivity contribution in [2.45, 2.75) is 17.9 Å². The van der Waals surface area contributed by atoms with Crippen LogP contribution in [0.1, 0.15) is 17.3 Å². The van der Waals surface area contributed by atoms with Crippen LogP contribution in [-0.4, -0.2) is 48.4 Å². The monoisotopic (exact) mass is 284 g/mol. The molecule has 5 heteroatoms. The molecule has 1 saturated heterocycles. The van der Waals surface area contributed by atoms with Crippen LogP contribution in [0.15, 0.2) is 23.1 Å². The number of hydrogen-bond acceptors (Lipinski definition) is 3. The maximum atomic E-state index is 12.4. The molecule has 1 aliphatic heterocycles. The van der Waals surface area contributed by atoms with E-state index >= 15 is 0 Å². The van der Waals surface area contributed by atoms with Crippen LogP contribution in [0.3, 0.4) is 0 Å². The molecule has 3 nitrogen and oxygen atoms in total. The number of rotatable bonds is 1. The van der Waals surface area contributed by atoms with Gasteiger partial charge in [0, 0.05) is 30.6 Å². The lowest BCUT2D eigenvalue weighted by Crippen LogP contribution is -2.52. The van der Waals surface area contributed by atoms with E-state index in [1.54, 1.807) is 18.2 Å². The molecule has 1 atom stereocenters. The Labute approximate surface area is 118 Å². The van der Waals surface area contributed by atoms with E-state index < -0.39 is 0 Å². The van der Waals surface area contributed by atoms with Crippen molar-refractivity contribution in [3.05, 3.63) is 28.8 Å². The molecule has 1 unspecified atom stereocenters. The van der Waals surface area contributed by atoms with Gasteiger partial charge in [-0.05, 0) is 32.2 Å². The zero-order valence-corrected chi connectivity index (χ0v) is 12.2. The zero-order chi connectivity index (χ0) is 13.3. The molecule has 1 aromatic carbocycles. The topological polar surface area (TPSA) is 23.6 Å². The Morgan fingerprint density at radius 1 is 1.44 bits per heavy atom. The van der Waals surface area contributed by atoms with Crippen LogP contribution in [0, 0.1) is 0 Å². The number of carbonyl (C=O) groups excluding carboxylic acids is 1. The smallest absolute Gasteiger partial charge is 0.255 e. The number of hydrogen-bond donors (Lipinski definition) is 1. The highest BCUT2D eigenvalue weighted by Crippen LogP contribution is 2.22. The number of benzene rings is 1. The fourth-order valence-corrected chi connectivity index (χ4v) is 2.48. The summed E-state index contributed by atoms with van der Waals surface area (Å²) in [6.45, 7) is 4.50. The van der Waals surface area contributed by atoms with Crippen molar-refractivity contribution in [1.29, 1.82) is 0 Å². The first-order valence-electron chi connectivity index (χ1n) is 5.97. The minimum absolute atomic E-state index is 0.00384. The van der Waals surface area contributed by atoms with Gasteiger partial charge in [0.05, 0.1) is 10.6 Å². The SMILES string of the molecule is CC1CN(C(=O)c2cc(S)ccc2Cl)CCN1C. The largest absolute Gasteiger partial charge is 0.336 e. The highest BCUT2D eigenvalue weighted by atomic mass is 35.5. The predicted molar refractivity (Wildman–Crippen MR) is 76.7 cm³/mol. The molecule has 18 heavy (non-hydrogen) atoms. The van der Waals surface area contributed by atoms with Gasteiger partial charge in [-0.25, -0.2) is 0 Å². The molecular weight excluding hydrogens is 268 g/mol. The third-order valence-corrected chi connectivity index (χ3v) is 4.04. The predicted octanol–water partition coefficient (Wildman–Crippen LogP) is 2.40. The number of piperazine rings is 1. The Hall–Kier alpha value is -0.710. The van der Waals surface area contributed by atoms with E-state index in [0.29, 0.717) is 16.6 Å². The van der Waals surface area contributed by atoms with Gasteiger partial charge in [0.25, 0.3) is 5.91 Å². The molecule has 0 aromatic heterocycles. The second-order valence-electron chi connectivity index (χ2n) is 4.74. The average Bonchev–Trinajstić information content (AvgIpc) is 2.35. The summed E-state index contributed by atoms with van der Waals surface area (Å²) in [6, 6.07) is 5.61. The van der Waals surface area contributed by atoms with Crippen molar-refractivity contribution in [2.75, 3.05) is 26.7 Å². The summed E-state index contributed by atoms with van der Waals surface area (Å²) in [4.78, 5) is 17.3. The Bertz CT molecular complexity index is 466. The number of carbonyl (C=O) groups is 1. The third-order valence-electron chi connectivity index (χ3n) is 3.43. The molecule has 1 aromatic rings. The van der Waals surface area contributed by atoms with Gasteiger partial charge in [0.2, 0.25) is 0 Å². The van der Waals surface area contributed by atoms with Crippen molar-refractivity contribution in [3.63, 3.8) is 0 Å². The lowest BCUT2D eigenvalue weighted by atomic mass is 10.1. The van der Waals surface area contributed by atoms with Gasteiger partial charge in [-0.3, -0.25) is 4.79 Å². The number of amides is 1. The van der Waals surface area contributed by atoms with Gasteiger partial charge >= 0.3 is 0 Å². The summed E-state index contributed by atoms with van der Waals surface area (Å²) < 4.78 is 0. The molecule has 0 aliphatic carbocycles. The number of halogens is 1. The molecule has 0 spiro atoms.